The summed E-state index contributed by atoms with van der Waals surface area (Å²) in [6, 6.07) is -0.0689. The summed E-state index contributed by atoms with van der Waals surface area (Å²) in [5.74, 6) is 0.700. The molecule has 3 heteroatoms. The van der Waals surface area contributed by atoms with Crippen LogP contribution in [0.3, 0.4) is 0 Å². The Labute approximate surface area is 60.3 Å². The van der Waals surface area contributed by atoms with E-state index in [0.29, 0.717) is 5.82 Å². The molecular formula is C7H11N3. The molecule has 0 saturated heterocycles. The Morgan fingerprint density at radius 1 is 1.40 bits per heavy atom. The van der Waals surface area contributed by atoms with Crippen molar-refractivity contribution in [2.45, 2.75) is 19.9 Å². The fourth-order valence-corrected chi connectivity index (χ4v) is 0.638. The van der Waals surface area contributed by atoms with Gasteiger partial charge >= 0.3 is 0 Å². The maximum Gasteiger partial charge on any atom is 0.144 e. The minimum absolute atomic E-state index is 0.0689. The van der Waals surface area contributed by atoms with Gasteiger partial charge in [0, 0.05) is 12.4 Å². The Bertz CT molecular complexity index is 203. The van der Waals surface area contributed by atoms with Gasteiger partial charge in [-0.2, -0.15) is 0 Å². The largest absolute Gasteiger partial charge is 0.322 e. The lowest BCUT2D eigenvalue weighted by Gasteiger charge is -2.01. The van der Waals surface area contributed by atoms with Gasteiger partial charge in [-0.1, -0.05) is 0 Å². The predicted molar refractivity (Wildman–Crippen MR) is 39.4 cm³/mol. The van der Waals surface area contributed by atoms with Crippen LogP contribution < -0.4 is 5.73 Å². The molecule has 1 rings (SSSR count). The molecular weight excluding hydrogens is 126 g/mol. The van der Waals surface area contributed by atoms with Crippen molar-refractivity contribution in [3.05, 3.63) is 23.8 Å². The molecule has 0 unspecified atom stereocenters. The first kappa shape index (κ1) is 7.15. The molecule has 0 aliphatic heterocycles. The van der Waals surface area contributed by atoms with Gasteiger partial charge in [0.2, 0.25) is 0 Å². The van der Waals surface area contributed by atoms with Crippen LogP contribution in [0.2, 0.25) is 0 Å². The third-order valence-electron chi connectivity index (χ3n) is 1.21. The molecule has 2 N–H and O–H groups in total. The Morgan fingerprint density at radius 2 is 1.90 bits per heavy atom. The highest BCUT2D eigenvalue weighted by Crippen LogP contribution is 2.00. The van der Waals surface area contributed by atoms with Crippen molar-refractivity contribution in [2.75, 3.05) is 0 Å². The van der Waals surface area contributed by atoms with E-state index in [-0.39, 0.29) is 6.04 Å². The zero-order chi connectivity index (χ0) is 7.56. The number of nitrogens with zero attached hydrogens (tertiary/aromatic N) is 2. The number of nitrogens with two attached hydrogens (primary N) is 1. The topological polar surface area (TPSA) is 51.8 Å². The molecule has 54 valence electrons. The van der Waals surface area contributed by atoms with Crippen molar-refractivity contribution in [3.8, 4) is 0 Å². The van der Waals surface area contributed by atoms with Crippen LogP contribution in [0.4, 0.5) is 0 Å². The standard InChI is InChI=1S/C7H11N3/c1-5-3-9-7(6(2)8)10-4-5/h3-4,6H,8H2,1-2H3/t6-/m0/s1. The Kier molecular flexibility index (Phi) is 1.97. The van der Waals surface area contributed by atoms with Gasteiger partial charge in [-0.25, -0.2) is 9.97 Å². The molecule has 0 aliphatic carbocycles. The molecule has 0 aliphatic rings. The van der Waals surface area contributed by atoms with Gasteiger partial charge in [0.25, 0.3) is 0 Å². The second-order valence-electron chi connectivity index (χ2n) is 2.41. The second kappa shape index (κ2) is 2.75. The van der Waals surface area contributed by atoms with Gasteiger partial charge in [-0.15, -0.1) is 0 Å². The molecule has 0 bridgehead atoms. The normalized spacial score (nSPS) is 13.1. The molecule has 0 radical (unpaired) electrons. The molecule has 0 spiro atoms. The van der Waals surface area contributed by atoms with Crippen LogP contribution in [0.15, 0.2) is 12.4 Å². The fourth-order valence-electron chi connectivity index (χ4n) is 0.638. The highest BCUT2D eigenvalue weighted by atomic mass is 14.9. The second-order valence-corrected chi connectivity index (χ2v) is 2.41. The molecule has 1 atom stereocenters. The molecule has 1 aromatic heterocycles. The minimum atomic E-state index is -0.0689. The molecule has 0 aromatic carbocycles. The number of rotatable bonds is 1. The number of hydrogen-bond acceptors (Lipinski definition) is 3. The van der Waals surface area contributed by atoms with Crippen LogP contribution in [0.25, 0.3) is 0 Å². The maximum atomic E-state index is 5.54. The molecule has 0 amide bonds. The van der Waals surface area contributed by atoms with E-state index in [1.807, 2.05) is 13.8 Å². The maximum absolute atomic E-state index is 5.54. The van der Waals surface area contributed by atoms with Crippen molar-refractivity contribution in [3.63, 3.8) is 0 Å². The van der Waals surface area contributed by atoms with Crippen LogP contribution in [0.5, 0.6) is 0 Å². The first-order chi connectivity index (χ1) is 4.70. The summed E-state index contributed by atoms with van der Waals surface area (Å²) in [6.45, 7) is 3.82. The number of aromatic nitrogens is 2. The molecule has 1 heterocycles. The van der Waals surface area contributed by atoms with Crippen molar-refractivity contribution in [1.82, 2.24) is 9.97 Å². The zero-order valence-electron chi connectivity index (χ0n) is 6.20. The number of hydrogen-bond donors (Lipinski definition) is 1. The van der Waals surface area contributed by atoms with Gasteiger partial charge in [0.05, 0.1) is 6.04 Å². The van der Waals surface area contributed by atoms with E-state index in [9.17, 15) is 0 Å². The summed E-state index contributed by atoms with van der Waals surface area (Å²) >= 11 is 0. The lowest BCUT2D eigenvalue weighted by Crippen LogP contribution is -2.09. The molecule has 1 aromatic rings. The highest BCUT2D eigenvalue weighted by Gasteiger charge is 1.99. The van der Waals surface area contributed by atoms with Crippen molar-refractivity contribution in [2.24, 2.45) is 5.73 Å². The average Bonchev–Trinajstić information content (AvgIpc) is 1.88. The predicted octanol–water partition coefficient (Wildman–Crippen LogP) is 0.805. The van der Waals surface area contributed by atoms with Gasteiger partial charge in [-0.3, -0.25) is 0 Å². The van der Waals surface area contributed by atoms with E-state index in [1.165, 1.54) is 0 Å². The minimum Gasteiger partial charge on any atom is -0.322 e. The van der Waals surface area contributed by atoms with Crippen LogP contribution in [-0.2, 0) is 0 Å². The van der Waals surface area contributed by atoms with E-state index in [0.717, 1.165) is 5.56 Å². The summed E-state index contributed by atoms with van der Waals surface area (Å²) in [6.07, 6.45) is 3.54. The van der Waals surface area contributed by atoms with Crippen LogP contribution in [0, 0.1) is 6.92 Å². The van der Waals surface area contributed by atoms with Crippen LogP contribution in [-0.4, -0.2) is 9.97 Å². The first-order valence-corrected chi connectivity index (χ1v) is 3.24. The van der Waals surface area contributed by atoms with Crippen molar-refractivity contribution < 1.29 is 0 Å². The average molecular weight is 137 g/mol. The fraction of sp³-hybridized carbons (Fsp3) is 0.429. The smallest absolute Gasteiger partial charge is 0.144 e. The lowest BCUT2D eigenvalue weighted by molar-refractivity contribution is 0.736. The summed E-state index contributed by atoms with van der Waals surface area (Å²) in [7, 11) is 0. The van der Waals surface area contributed by atoms with E-state index in [4.69, 9.17) is 5.73 Å². The summed E-state index contributed by atoms with van der Waals surface area (Å²) in [5.41, 5.74) is 6.60. The van der Waals surface area contributed by atoms with E-state index in [2.05, 4.69) is 9.97 Å². The Balaban J connectivity index is 2.89. The zero-order valence-corrected chi connectivity index (χ0v) is 6.20. The third-order valence-corrected chi connectivity index (χ3v) is 1.21. The van der Waals surface area contributed by atoms with Gasteiger partial charge in [0.15, 0.2) is 0 Å². The van der Waals surface area contributed by atoms with Crippen molar-refractivity contribution >= 4 is 0 Å². The summed E-state index contributed by atoms with van der Waals surface area (Å²) in [4.78, 5) is 8.08. The highest BCUT2D eigenvalue weighted by molar-refractivity contribution is 5.03. The SMILES string of the molecule is Cc1cnc([C@H](C)N)nc1. The van der Waals surface area contributed by atoms with E-state index in [1.54, 1.807) is 12.4 Å². The van der Waals surface area contributed by atoms with Gasteiger partial charge < -0.3 is 5.73 Å². The van der Waals surface area contributed by atoms with E-state index < -0.39 is 0 Å². The van der Waals surface area contributed by atoms with E-state index >= 15 is 0 Å². The summed E-state index contributed by atoms with van der Waals surface area (Å²) < 4.78 is 0. The van der Waals surface area contributed by atoms with Gasteiger partial charge in [-0.05, 0) is 19.4 Å². The van der Waals surface area contributed by atoms with Crippen LogP contribution >= 0.6 is 0 Å². The molecule has 0 fully saturated rings. The quantitative estimate of drug-likeness (QED) is 0.623. The molecule has 0 saturated carbocycles. The summed E-state index contributed by atoms with van der Waals surface area (Å²) in [5, 5.41) is 0. The lowest BCUT2D eigenvalue weighted by atomic mass is 10.3. The monoisotopic (exact) mass is 137 g/mol. The third kappa shape index (κ3) is 1.51. The number of aryl methyl sites for hydroxylation is 1. The van der Waals surface area contributed by atoms with Crippen molar-refractivity contribution in [1.29, 1.82) is 0 Å². The molecule has 3 nitrogen and oxygen atoms in total. The van der Waals surface area contributed by atoms with Gasteiger partial charge in [0.1, 0.15) is 5.82 Å². The Morgan fingerprint density at radius 3 is 2.30 bits per heavy atom. The van der Waals surface area contributed by atoms with Crippen LogP contribution in [0.1, 0.15) is 24.4 Å². The first-order valence-electron chi connectivity index (χ1n) is 3.24. The Hall–Kier alpha value is -0.960. The molecule has 10 heavy (non-hydrogen) atoms.